The van der Waals surface area contributed by atoms with Crippen LogP contribution in [-0.4, -0.2) is 47.7 Å². The average Bonchev–Trinajstić information content (AvgIpc) is 3.44. The van der Waals surface area contributed by atoms with Crippen molar-refractivity contribution in [1.82, 2.24) is 19.5 Å². The SMILES string of the molecule is Cc1nn(-c2ccccc2)c(Cl)c1C=NNC(=O)c1cccc(S(=O)(=O)N2CCCC2)c1. The Hall–Kier alpha value is -3.01. The van der Waals surface area contributed by atoms with Crippen molar-refractivity contribution < 1.29 is 13.2 Å². The van der Waals surface area contributed by atoms with Gasteiger partial charge in [-0.25, -0.2) is 18.5 Å². The first-order valence-corrected chi connectivity index (χ1v) is 11.9. The van der Waals surface area contributed by atoms with Crippen molar-refractivity contribution in [3.05, 3.63) is 76.6 Å². The minimum atomic E-state index is -3.61. The van der Waals surface area contributed by atoms with Gasteiger partial charge in [-0.3, -0.25) is 4.79 Å². The molecular formula is C22H22ClN5O3S. The van der Waals surface area contributed by atoms with Crippen molar-refractivity contribution in [2.45, 2.75) is 24.7 Å². The summed E-state index contributed by atoms with van der Waals surface area (Å²) in [5, 5.41) is 8.78. The molecule has 10 heteroatoms. The van der Waals surface area contributed by atoms with Crippen LogP contribution in [0.4, 0.5) is 0 Å². The number of carbonyl (C=O) groups excluding carboxylic acids is 1. The fraction of sp³-hybridized carbons (Fsp3) is 0.227. The third kappa shape index (κ3) is 4.45. The van der Waals surface area contributed by atoms with Crippen molar-refractivity contribution in [1.29, 1.82) is 0 Å². The Morgan fingerprint density at radius 2 is 1.84 bits per heavy atom. The number of aromatic nitrogens is 2. The van der Waals surface area contributed by atoms with Gasteiger partial charge in [0, 0.05) is 18.7 Å². The summed E-state index contributed by atoms with van der Waals surface area (Å²) in [6, 6.07) is 15.4. The molecule has 3 aromatic rings. The lowest BCUT2D eigenvalue weighted by molar-refractivity contribution is 0.0955. The van der Waals surface area contributed by atoms with Gasteiger partial charge in [0.1, 0.15) is 5.15 Å². The molecule has 1 saturated heterocycles. The second kappa shape index (κ2) is 9.23. The third-order valence-corrected chi connectivity index (χ3v) is 7.47. The van der Waals surface area contributed by atoms with Crippen molar-refractivity contribution in [2.24, 2.45) is 5.10 Å². The molecule has 4 rings (SSSR count). The molecule has 0 aliphatic carbocycles. The number of benzene rings is 2. The molecular weight excluding hydrogens is 450 g/mol. The maximum absolute atomic E-state index is 12.7. The van der Waals surface area contributed by atoms with Gasteiger partial charge in [-0.15, -0.1) is 0 Å². The quantitative estimate of drug-likeness (QED) is 0.440. The number of aryl methyl sites for hydroxylation is 1. The lowest BCUT2D eigenvalue weighted by Gasteiger charge is -2.15. The molecule has 1 N–H and O–H groups in total. The van der Waals surface area contributed by atoms with E-state index in [9.17, 15) is 13.2 Å². The summed E-state index contributed by atoms with van der Waals surface area (Å²) >= 11 is 6.45. The number of halogens is 1. The maximum Gasteiger partial charge on any atom is 0.271 e. The molecule has 1 aliphatic rings. The van der Waals surface area contributed by atoms with Crippen LogP contribution in [0.1, 0.15) is 34.5 Å². The number of nitrogens with one attached hydrogen (secondary N) is 1. The minimum absolute atomic E-state index is 0.0963. The lowest BCUT2D eigenvalue weighted by atomic mass is 10.2. The Morgan fingerprint density at radius 3 is 2.56 bits per heavy atom. The van der Waals surface area contributed by atoms with E-state index in [0.717, 1.165) is 18.5 Å². The van der Waals surface area contributed by atoms with Gasteiger partial charge in [-0.1, -0.05) is 35.9 Å². The van der Waals surface area contributed by atoms with E-state index in [1.165, 1.54) is 22.7 Å². The molecule has 1 aliphatic heterocycles. The Morgan fingerprint density at radius 1 is 1.12 bits per heavy atom. The molecule has 2 aromatic carbocycles. The second-order valence-electron chi connectivity index (χ2n) is 7.38. The standard InChI is InChI=1S/C22H22ClN5O3S/c1-16-20(21(23)28(26-16)18-9-3-2-4-10-18)15-24-25-22(29)17-8-7-11-19(14-17)32(30,31)27-12-5-6-13-27/h2-4,7-11,14-15H,5-6,12-13H2,1H3,(H,25,29). The monoisotopic (exact) mass is 471 g/mol. The van der Waals surface area contributed by atoms with Crippen molar-refractivity contribution in [2.75, 3.05) is 13.1 Å². The van der Waals surface area contributed by atoms with E-state index < -0.39 is 15.9 Å². The van der Waals surface area contributed by atoms with Gasteiger partial charge in [0.25, 0.3) is 5.91 Å². The summed E-state index contributed by atoms with van der Waals surface area (Å²) in [4.78, 5) is 12.6. The number of hydrazone groups is 1. The number of hydrogen-bond acceptors (Lipinski definition) is 5. The number of hydrogen-bond donors (Lipinski definition) is 1. The first-order chi connectivity index (χ1) is 15.4. The molecule has 1 aromatic heterocycles. The van der Waals surface area contributed by atoms with Gasteiger partial charge >= 0.3 is 0 Å². The fourth-order valence-corrected chi connectivity index (χ4v) is 5.38. The van der Waals surface area contributed by atoms with Crippen LogP contribution in [0, 0.1) is 6.92 Å². The van der Waals surface area contributed by atoms with Crippen molar-refractivity contribution in [3.8, 4) is 5.69 Å². The number of nitrogens with zero attached hydrogens (tertiary/aromatic N) is 4. The Kier molecular flexibility index (Phi) is 6.40. The Labute approximate surface area is 191 Å². The third-order valence-electron chi connectivity index (χ3n) is 5.21. The van der Waals surface area contributed by atoms with E-state index >= 15 is 0 Å². The highest BCUT2D eigenvalue weighted by molar-refractivity contribution is 7.89. The van der Waals surface area contributed by atoms with E-state index in [1.54, 1.807) is 23.7 Å². The second-order valence-corrected chi connectivity index (χ2v) is 9.67. The number of sulfonamides is 1. The molecule has 0 spiro atoms. The predicted octanol–water partition coefficient (Wildman–Crippen LogP) is 3.38. The Balaban J connectivity index is 1.50. The van der Waals surface area contributed by atoms with Crippen LogP contribution in [-0.2, 0) is 10.0 Å². The molecule has 0 bridgehead atoms. The summed E-state index contributed by atoms with van der Waals surface area (Å²) in [5.41, 5.74) is 4.65. The molecule has 2 heterocycles. The Bertz CT molecular complexity index is 1270. The van der Waals surface area contributed by atoms with Crippen LogP contribution in [0.25, 0.3) is 5.69 Å². The highest BCUT2D eigenvalue weighted by Gasteiger charge is 2.27. The van der Waals surface area contributed by atoms with Gasteiger partial charge in [0.05, 0.1) is 28.1 Å². The molecule has 8 nitrogen and oxygen atoms in total. The number of amides is 1. The molecule has 32 heavy (non-hydrogen) atoms. The number of rotatable bonds is 6. The predicted molar refractivity (Wildman–Crippen MR) is 123 cm³/mol. The molecule has 1 amide bonds. The molecule has 0 saturated carbocycles. The average molecular weight is 472 g/mol. The molecule has 1 fully saturated rings. The van der Waals surface area contributed by atoms with Crippen LogP contribution >= 0.6 is 11.6 Å². The highest BCUT2D eigenvalue weighted by Crippen LogP contribution is 2.23. The zero-order valence-electron chi connectivity index (χ0n) is 17.4. The molecule has 0 unspecified atom stereocenters. The van der Waals surface area contributed by atoms with Crippen molar-refractivity contribution in [3.63, 3.8) is 0 Å². The smallest absolute Gasteiger partial charge is 0.267 e. The van der Waals surface area contributed by atoms with Gasteiger partial charge < -0.3 is 0 Å². The van der Waals surface area contributed by atoms with Crippen molar-refractivity contribution >= 4 is 33.7 Å². The highest BCUT2D eigenvalue weighted by atomic mass is 35.5. The summed E-state index contributed by atoms with van der Waals surface area (Å²) < 4.78 is 28.5. The number of para-hydroxylation sites is 1. The van der Waals surface area contributed by atoms with Gasteiger partial charge in [-0.05, 0) is 50.1 Å². The van der Waals surface area contributed by atoms with Crippen LogP contribution < -0.4 is 5.43 Å². The zero-order chi connectivity index (χ0) is 22.7. The van der Waals surface area contributed by atoms with E-state index in [4.69, 9.17) is 11.6 Å². The largest absolute Gasteiger partial charge is 0.271 e. The first kappa shape index (κ1) is 22.2. The fourth-order valence-electron chi connectivity index (χ4n) is 3.49. The molecule has 0 atom stereocenters. The van der Waals surface area contributed by atoms with Gasteiger partial charge in [0.15, 0.2) is 0 Å². The zero-order valence-corrected chi connectivity index (χ0v) is 19.0. The maximum atomic E-state index is 12.7. The van der Waals surface area contributed by atoms with Gasteiger partial charge in [0.2, 0.25) is 10.0 Å². The van der Waals surface area contributed by atoms with Crippen LogP contribution in [0.5, 0.6) is 0 Å². The first-order valence-electron chi connectivity index (χ1n) is 10.1. The number of carbonyl (C=O) groups is 1. The lowest BCUT2D eigenvalue weighted by Crippen LogP contribution is -2.28. The summed E-state index contributed by atoms with van der Waals surface area (Å²) in [7, 11) is -3.61. The summed E-state index contributed by atoms with van der Waals surface area (Å²) in [5.74, 6) is -0.524. The molecule has 0 radical (unpaired) electrons. The topological polar surface area (TPSA) is 96.7 Å². The minimum Gasteiger partial charge on any atom is -0.267 e. The van der Waals surface area contributed by atoms with Crippen LogP contribution in [0.2, 0.25) is 5.15 Å². The normalized spacial score (nSPS) is 14.8. The summed E-state index contributed by atoms with van der Waals surface area (Å²) in [6.07, 6.45) is 3.11. The summed E-state index contributed by atoms with van der Waals surface area (Å²) in [6.45, 7) is 2.79. The van der Waals surface area contributed by atoms with Crippen LogP contribution in [0.15, 0.2) is 64.6 Å². The van der Waals surface area contributed by atoms with E-state index in [1.807, 2.05) is 30.3 Å². The molecule has 166 valence electrons. The van der Waals surface area contributed by atoms with Gasteiger partial charge in [-0.2, -0.15) is 14.5 Å². The van der Waals surface area contributed by atoms with E-state index in [-0.39, 0.29) is 10.5 Å². The van der Waals surface area contributed by atoms with E-state index in [2.05, 4.69) is 15.6 Å². The van der Waals surface area contributed by atoms with E-state index in [0.29, 0.717) is 29.5 Å². The van der Waals surface area contributed by atoms with Crippen LogP contribution in [0.3, 0.4) is 0 Å².